The van der Waals surface area contributed by atoms with Crippen molar-refractivity contribution in [2.45, 2.75) is 12.8 Å². The molecule has 78 valence electrons. The molecule has 0 spiro atoms. The number of rotatable bonds is 2. The van der Waals surface area contributed by atoms with Crippen LogP contribution in [0.3, 0.4) is 0 Å². The lowest BCUT2D eigenvalue weighted by molar-refractivity contribution is 0.825. The first-order valence-electron chi connectivity index (χ1n) is 4.30. The Kier molecular flexibility index (Phi) is 2.88. The van der Waals surface area contributed by atoms with E-state index in [4.69, 9.17) is 23.2 Å². The van der Waals surface area contributed by atoms with Crippen LogP contribution >= 0.6 is 23.2 Å². The molecule has 0 saturated heterocycles. The van der Waals surface area contributed by atoms with Gasteiger partial charge in [0.1, 0.15) is 5.15 Å². The van der Waals surface area contributed by atoms with Crippen LogP contribution in [0.15, 0.2) is 18.6 Å². The summed E-state index contributed by atoms with van der Waals surface area (Å²) in [5.74, 6) is 0.923. The normalized spacial score (nSPS) is 10.6. The van der Waals surface area contributed by atoms with Gasteiger partial charge in [0.15, 0.2) is 5.82 Å². The molecule has 0 aliphatic heterocycles. The summed E-state index contributed by atoms with van der Waals surface area (Å²) in [6, 6.07) is 0. The summed E-state index contributed by atoms with van der Waals surface area (Å²) in [6.45, 7) is 1.86. The third kappa shape index (κ3) is 1.82. The Balaban J connectivity index is 2.55. The molecule has 2 aromatic rings. The van der Waals surface area contributed by atoms with Gasteiger partial charge in [-0.05, 0) is 6.92 Å². The molecule has 0 aliphatic carbocycles. The van der Waals surface area contributed by atoms with E-state index in [1.165, 1.54) is 4.68 Å². The smallest absolute Gasteiger partial charge is 0.173 e. The van der Waals surface area contributed by atoms with E-state index in [0.29, 0.717) is 16.9 Å². The van der Waals surface area contributed by atoms with Gasteiger partial charge in [0.05, 0.1) is 17.8 Å². The molecule has 0 amide bonds. The van der Waals surface area contributed by atoms with Gasteiger partial charge in [0.2, 0.25) is 0 Å². The minimum absolute atomic E-state index is 0.338. The fraction of sp³-hybridized carbons (Fsp3) is 0.222. The lowest BCUT2D eigenvalue weighted by Crippen LogP contribution is -1.99. The second-order valence-electron chi connectivity index (χ2n) is 2.96. The van der Waals surface area contributed by atoms with Crippen LogP contribution in [0.2, 0.25) is 5.15 Å². The van der Waals surface area contributed by atoms with E-state index in [0.717, 1.165) is 11.3 Å². The van der Waals surface area contributed by atoms with Gasteiger partial charge in [-0.3, -0.25) is 4.98 Å². The predicted octanol–water partition coefficient (Wildman–Crippen LogP) is 2.36. The van der Waals surface area contributed by atoms with Crippen LogP contribution in [0.1, 0.15) is 11.3 Å². The van der Waals surface area contributed by atoms with E-state index in [2.05, 4.69) is 15.1 Å². The van der Waals surface area contributed by atoms with Crippen molar-refractivity contribution in [1.82, 2.24) is 19.7 Å². The molecule has 0 aliphatic rings. The molecule has 0 N–H and O–H groups in total. The summed E-state index contributed by atoms with van der Waals surface area (Å²) >= 11 is 11.9. The molecule has 4 nitrogen and oxygen atoms in total. The molecule has 15 heavy (non-hydrogen) atoms. The highest BCUT2D eigenvalue weighted by Crippen LogP contribution is 2.23. The van der Waals surface area contributed by atoms with Crippen molar-refractivity contribution in [2.24, 2.45) is 0 Å². The van der Waals surface area contributed by atoms with Crippen LogP contribution in [0, 0.1) is 6.92 Å². The first kappa shape index (κ1) is 10.4. The standard InChI is InChI=1S/C9H8Cl2N4/c1-6-7(4-10)9(11)15(14-6)8-5-12-2-3-13-8/h2-3,5H,4H2,1H3. The third-order valence-corrected chi connectivity index (χ3v) is 2.68. The Hall–Kier alpha value is -1.13. The first-order chi connectivity index (χ1) is 7.24. The van der Waals surface area contributed by atoms with E-state index >= 15 is 0 Å². The fourth-order valence-corrected chi connectivity index (χ4v) is 1.95. The molecule has 2 aromatic heterocycles. The average molecular weight is 243 g/mol. The number of hydrogen-bond acceptors (Lipinski definition) is 3. The molecular weight excluding hydrogens is 235 g/mol. The Morgan fingerprint density at radius 1 is 1.40 bits per heavy atom. The number of halogens is 2. The minimum Gasteiger partial charge on any atom is -0.259 e. The summed E-state index contributed by atoms with van der Waals surface area (Å²) in [5, 5.41) is 4.74. The van der Waals surface area contributed by atoms with Gasteiger partial charge < -0.3 is 0 Å². The molecule has 0 atom stereocenters. The largest absolute Gasteiger partial charge is 0.259 e. The van der Waals surface area contributed by atoms with E-state index in [1.807, 2.05) is 6.92 Å². The molecule has 0 aromatic carbocycles. The summed E-state index contributed by atoms with van der Waals surface area (Å²) < 4.78 is 1.53. The van der Waals surface area contributed by atoms with Gasteiger partial charge >= 0.3 is 0 Å². The number of hydrogen-bond donors (Lipinski definition) is 0. The van der Waals surface area contributed by atoms with E-state index in [1.54, 1.807) is 18.6 Å². The van der Waals surface area contributed by atoms with E-state index in [-0.39, 0.29) is 0 Å². The van der Waals surface area contributed by atoms with Crippen molar-refractivity contribution >= 4 is 23.2 Å². The van der Waals surface area contributed by atoms with Crippen LogP contribution in [0.25, 0.3) is 5.82 Å². The Morgan fingerprint density at radius 2 is 2.20 bits per heavy atom. The van der Waals surface area contributed by atoms with Crippen molar-refractivity contribution in [1.29, 1.82) is 0 Å². The number of alkyl halides is 1. The van der Waals surface area contributed by atoms with Crippen molar-refractivity contribution in [2.75, 3.05) is 0 Å². The second kappa shape index (κ2) is 4.16. The third-order valence-electron chi connectivity index (χ3n) is 2.02. The maximum atomic E-state index is 6.11. The second-order valence-corrected chi connectivity index (χ2v) is 3.59. The highest BCUT2D eigenvalue weighted by molar-refractivity contribution is 6.31. The molecule has 2 heterocycles. The topological polar surface area (TPSA) is 43.6 Å². The zero-order chi connectivity index (χ0) is 10.8. The molecule has 6 heteroatoms. The van der Waals surface area contributed by atoms with Crippen molar-refractivity contribution in [3.8, 4) is 5.82 Å². The molecule has 0 bridgehead atoms. The van der Waals surface area contributed by atoms with Crippen LogP contribution in [-0.4, -0.2) is 19.7 Å². The summed E-state index contributed by atoms with van der Waals surface area (Å²) in [7, 11) is 0. The lowest BCUT2D eigenvalue weighted by atomic mass is 10.3. The van der Waals surface area contributed by atoms with Gasteiger partial charge in [0.25, 0.3) is 0 Å². The van der Waals surface area contributed by atoms with Gasteiger partial charge in [-0.25, -0.2) is 9.67 Å². The maximum Gasteiger partial charge on any atom is 0.173 e. The minimum atomic E-state index is 0.338. The summed E-state index contributed by atoms with van der Waals surface area (Å²) in [5.41, 5.74) is 1.63. The lowest BCUT2D eigenvalue weighted by Gasteiger charge is -2.00. The van der Waals surface area contributed by atoms with Crippen LogP contribution in [-0.2, 0) is 5.88 Å². The van der Waals surface area contributed by atoms with Crippen LogP contribution in [0.4, 0.5) is 0 Å². The van der Waals surface area contributed by atoms with Gasteiger partial charge in [-0.1, -0.05) is 11.6 Å². The molecule has 0 unspecified atom stereocenters. The highest BCUT2D eigenvalue weighted by Gasteiger charge is 2.13. The first-order valence-corrected chi connectivity index (χ1v) is 5.21. The van der Waals surface area contributed by atoms with Gasteiger partial charge in [0, 0.05) is 18.0 Å². The van der Waals surface area contributed by atoms with Gasteiger partial charge in [-0.2, -0.15) is 5.10 Å². The summed E-state index contributed by atoms with van der Waals surface area (Å²) in [4.78, 5) is 8.06. The van der Waals surface area contributed by atoms with Crippen molar-refractivity contribution in [3.05, 3.63) is 35.0 Å². The molecule has 0 fully saturated rings. The Labute approximate surface area is 96.9 Å². The summed E-state index contributed by atoms with van der Waals surface area (Å²) in [6.07, 6.45) is 4.77. The molecule has 0 radical (unpaired) electrons. The average Bonchev–Trinajstić information content (AvgIpc) is 2.55. The van der Waals surface area contributed by atoms with E-state index < -0.39 is 0 Å². The fourth-order valence-electron chi connectivity index (χ4n) is 1.24. The van der Waals surface area contributed by atoms with Crippen molar-refractivity contribution in [3.63, 3.8) is 0 Å². The van der Waals surface area contributed by atoms with Gasteiger partial charge in [-0.15, -0.1) is 11.6 Å². The number of nitrogens with zero attached hydrogens (tertiary/aromatic N) is 4. The zero-order valence-corrected chi connectivity index (χ0v) is 9.50. The van der Waals surface area contributed by atoms with Crippen LogP contribution in [0.5, 0.6) is 0 Å². The monoisotopic (exact) mass is 242 g/mol. The Morgan fingerprint density at radius 3 is 2.73 bits per heavy atom. The zero-order valence-electron chi connectivity index (χ0n) is 7.98. The van der Waals surface area contributed by atoms with E-state index in [9.17, 15) is 0 Å². The molecular formula is C9H8Cl2N4. The molecule has 0 saturated carbocycles. The molecule has 2 rings (SSSR count). The number of aromatic nitrogens is 4. The van der Waals surface area contributed by atoms with Crippen LogP contribution < -0.4 is 0 Å². The quantitative estimate of drug-likeness (QED) is 0.760. The maximum absolute atomic E-state index is 6.11. The van der Waals surface area contributed by atoms with Crippen molar-refractivity contribution < 1.29 is 0 Å². The Bertz CT molecular complexity index is 466. The SMILES string of the molecule is Cc1nn(-c2cnccn2)c(Cl)c1CCl. The highest BCUT2D eigenvalue weighted by atomic mass is 35.5. The predicted molar refractivity (Wildman–Crippen MR) is 58.5 cm³/mol. The number of aryl methyl sites for hydroxylation is 1.